The minimum Gasteiger partial charge on any atom is -0.370 e. The number of hydrogen-bond acceptors (Lipinski definition) is 3. The second kappa shape index (κ2) is 9.82. The number of nitrogens with zero attached hydrogens (tertiary/aromatic N) is 1. The van der Waals surface area contributed by atoms with Crippen LogP contribution in [0, 0.1) is 0 Å². The Hall–Kier alpha value is -1.96. The minimum absolute atomic E-state index is 0.0448. The first-order valence-electron chi connectivity index (χ1n) is 10.1. The molecule has 0 spiro atoms. The maximum Gasteiger partial charge on any atom is 0.279 e. The quantitative estimate of drug-likeness (QED) is 0.529. The van der Waals surface area contributed by atoms with Gasteiger partial charge in [0.2, 0.25) is 0 Å². The molecule has 1 aromatic rings. The Balaban J connectivity index is 1.41. The molecular weight excluding hydrogens is 344 g/mol. The fraction of sp³-hybridized carbons (Fsp3) is 0.600. The van der Waals surface area contributed by atoms with Gasteiger partial charge < -0.3 is 24.8 Å². The number of amides is 2. The first kappa shape index (κ1) is 19.8. The highest BCUT2D eigenvalue weighted by atomic mass is 16.5. The monoisotopic (exact) mass is 376 g/mol. The summed E-state index contributed by atoms with van der Waals surface area (Å²) in [5.74, 6) is 0.274. The number of hydrogen-bond donors (Lipinski definition) is 3. The lowest BCUT2D eigenvalue weighted by atomic mass is 10.1. The van der Waals surface area contributed by atoms with Crippen molar-refractivity contribution in [3.8, 4) is 0 Å². The molecular formula is C20H32N4O3+2. The van der Waals surface area contributed by atoms with Crippen molar-refractivity contribution in [3.63, 3.8) is 0 Å². The predicted octanol–water partition coefficient (Wildman–Crippen LogP) is -2.17. The van der Waals surface area contributed by atoms with Crippen molar-refractivity contribution in [2.24, 2.45) is 0 Å². The van der Waals surface area contributed by atoms with Crippen molar-refractivity contribution in [2.45, 2.75) is 13.3 Å². The molecule has 3 rings (SSSR count). The van der Waals surface area contributed by atoms with E-state index in [1.54, 1.807) is 0 Å². The van der Waals surface area contributed by atoms with Crippen molar-refractivity contribution in [3.05, 3.63) is 29.8 Å². The number of carbonyl (C=O) groups excluding carboxylic acids is 2. The zero-order valence-corrected chi connectivity index (χ0v) is 16.3. The molecule has 7 nitrogen and oxygen atoms in total. The van der Waals surface area contributed by atoms with E-state index >= 15 is 0 Å². The fourth-order valence-corrected chi connectivity index (χ4v) is 3.78. The number of piperazine rings is 1. The number of nitrogens with one attached hydrogen (secondary N) is 3. The van der Waals surface area contributed by atoms with E-state index < -0.39 is 0 Å². The van der Waals surface area contributed by atoms with Crippen LogP contribution >= 0.6 is 0 Å². The van der Waals surface area contributed by atoms with Crippen LogP contribution < -0.4 is 15.1 Å². The molecule has 148 valence electrons. The van der Waals surface area contributed by atoms with Crippen LogP contribution in [0.3, 0.4) is 0 Å². The summed E-state index contributed by atoms with van der Waals surface area (Å²) in [7, 11) is 0. The summed E-state index contributed by atoms with van der Waals surface area (Å²) in [6.45, 7) is 9.54. The van der Waals surface area contributed by atoms with Gasteiger partial charge in [-0.25, -0.2) is 0 Å². The molecule has 0 atom stereocenters. The van der Waals surface area contributed by atoms with E-state index in [2.05, 4.69) is 12.2 Å². The summed E-state index contributed by atoms with van der Waals surface area (Å²) in [5.41, 5.74) is 2.06. The lowest BCUT2D eigenvalue weighted by Gasteiger charge is -2.33. The summed E-state index contributed by atoms with van der Waals surface area (Å²) in [4.78, 5) is 29.4. The number of ether oxygens (including phenoxy) is 1. The average molecular weight is 377 g/mol. The van der Waals surface area contributed by atoms with Crippen LogP contribution in [0.4, 0.5) is 5.69 Å². The van der Waals surface area contributed by atoms with E-state index in [-0.39, 0.29) is 11.8 Å². The van der Waals surface area contributed by atoms with Crippen molar-refractivity contribution in [1.29, 1.82) is 0 Å². The standard InChI is InChI=1S/C20H30N4O3/c1-2-17-5-3-4-6-18(17)21-19(25)15-22-7-9-24(10-8-22)20(26)16-23-11-13-27-14-12-23/h3-6H,2,7-16H2,1H3,(H,21,25)/p+2. The van der Waals surface area contributed by atoms with E-state index in [0.29, 0.717) is 13.1 Å². The highest BCUT2D eigenvalue weighted by Crippen LogP contribution is 2.14. The molecule has 7 heteroatoms. The zero-order chi connectivity index (χ0) is 19.1. The molecule has 0 bridgehead atoms. The smallest absolute Gasteiger partial charge is 0.279 e. The van der Waals surface area contributed by atoms with Gasteiger partial charge in [-0.3, -0.25) is 9.59 Å². The Kier molecular flexibility index (Phi) is 7.20. The Morgan fingerprint density at radius 3 is 2.41 bits per heavy atom. The number of benzene rings is 1. The molecule has 27 heavy (non-hydrogen) atoms. The van der Waals surface area contributed by atoms with Crippen LogP contribution in [-0.4, -0.2) is 82.3 Å². The first-order valence-corrected chi connectivity index (χ1v) is 10.1. The number of quaternary nitrogens is 2. The van der Waals surface area contributed by atoms with Gasteiger partial charge in [-0.05, 0) is 18.1 Å². The molecule has 0 unspecified atom stereocenters. The summed E-state index contributed by atoms with van der Waals surface area (Å²) < 4.78 is 5.35. The lowest BCUT2D eigenvalue weighted by Crippen LogP contribution is -3.16. The van der Waals surface area contributed by atoms with Gasteiger partial charge in [-0.1, -0.05) is 25.1 Å². The molecule has 2 heterocycles. The molecule has 2 amide bonds. The van der Waals surface area contributed by atoms with Crippen LogP contribution in [0.15, 0.2) is 24.3 Å². The Bertz CT molecular complexity index is 638. The van der Waals surface area contributed by atoms with Crippen LogP contribution in [0.2, 0.25) is 0 Å². The lowest BCUT2D eigenvalue weighted by molar-refractivity contribution is -0.902. The summed E-state index contributed by atoms with van der Waals surface area (Å²) in [6, 6.07) is 7.94. The summed E-state index contributed by atoms with van der Waals surface area (Å²) in [6.07, 6.45) is 0.898. The van der Waals surface area contributed by atoms with Crippen molar-refractivity contribution >= 4 is 17.5 Å². The van der Waals surface area contributed by atoms with Crippen LogP contribution in [0.5, 0.6) is 0 Å². The van der Waals surface area contributed by atoms with Gasteiger partial charge in [0, 0.05) is 5.69 Å². The molecule has 3 N–H and O–H groups in total. The molecule has 2 saturated heterocycles. The predicted molar refractivity (Wildman–Crippen MR) is 103 cm³/mol. The zero-order valence-electron chi connectivity index (χ0n) is 16.3. The van der Waals surface area contributed by atoms with Gasteiger partial charge in [0.15, 0.2) is 13.1 Å². The van der Waals surface area contributed by atoms with Crippen LogP contribution in [0.1, 0.15) is 12.5 Å². The molecule has 0 saturated carbocycles. The molecule has 0 aromatic heterocycles. The number of aryl methyl sites for hydroxylation is 1. The van der Waals surface area contributed by atoms with Gasteiger partial charge in [0.25, 0.3) is 11.8 Å². The molecule has 0 radical (unpaired) electrons. The van der Waals surface area contributed by atoms with E-state index in [0.717, 1.165) is 70.2 Å². The number of anilines is 1. The van der Waals surface area contributed by atoms with Gasteiger partial charge in [0.1, 0.15) is 13.1 Å². The van der Waals surface area contributed by atoms with Gasteiger partial charge >= 0.3 is 0 Å². The van der Waals surface area contributed by atoms with E-state index in [1.807, 2.05) is 29.2 Å². The maximum absolute atomic E-state index is 12.5. The van der Waals surface area contributed by atoms with Crippen molar-refractivity contribution in [2.75, 3.05) is 70.9 Å². The molecule has 2 aliphatic heterocycles. The SMILES string of the molecule is CCc1ccccc1NC(=O)C[NH+]1CCN(C(=O)C[NH+]2CCOCC2)CC1. The first-order chi connectivity index (χ1) is 13.2. The maximum atomic E-state index is 12.5. The summed E-state index contributed by atoms with van der Waals surface area (Å²) >= 11 is 0. The number of para-hydroxylation sites is 1. The normalized spacial score (nSPS) is 19.1. The third-order valence-electron chi connectivity index (χ3n) is 5.51. The topological polar surface area (TPSA) is 67.5 Å². The Labute approximate surface area is 161 Å². The minimum atomic E-state index is 0.0448. The molecule has 0 aliphatic carbocycles. The van der Waals surface area contributed by atoms with Gasteiger partial charge in [0.05, 0.1) is 39.4 Å². The highest BCUT2D eigenvalue weighted by molar-refractivity contribution is 5.92. The Morgan fingerprint density at radius 1 is 1.04 bits per heavy atom. The largest absolute Gasteiger partial charge is 0.370 e. The number of morpholine rings is 1. The number of carbonyl (C=O) groups is 2. The summed E-state index contributed by atoms with van der Waals surface area (Å²) in [5, 5.41) is 3.04. The van der Waals surface area contributed by atoms with Crippen molar-refractivity contribution < 1.29 is 24.1 Å². The molecule has 2 aliphatic rings. The highest BCUT2D eigenvalue weighted by Gasteiger charge is 2.28. The van der Waals surface area contributed by atoms with Crippen LogP contribution in [-0.2, 0) is 20.7 Å². The van der Waals surface area contributed by atoms with Gasteiger partial charge in [-0.15, -0.1) is 0 Å². The van der Waals surface area contributed by atoms with Crippen LogP contribution in [0.25, 0.3) is 0 Å². The second-order valence-electron chi connectivity index (χ2n) is 7.41. The third kappa shape index (κ3) is 5.76. The van der Waals surface area contributed by atoms with E-state index in [1.165, 1.54) is 9.80 Å². The Morgan fingerprint density at radius 2 is 1.70 bits per heavy atom. The van der Waals surface area contributed by atoms with E-state index in [9.17, 15) is 9.59 Å². The van der Waals surface area contributed by atoms with Crippen molar-refractivity contribution in [1.82, 2.24) is 4.90 Å². The van der Waals surface area contributed by atoms with Gasteiger partial charge in [-0.2, -0.15) is 0 Å². The third-order valence-corrected chi connectivity index (χ3v) is 5.51. The molecule has 1 aromatic carbocycles. The number of rotatable bonds is 6. The fourth-order valence-electron chi connectivity index (χ4n) is 3.78. The van der Waals surface area contributed by atoms with E-state index in [4.69, 9.17) is 4.74 Å². The second-order valence-corrected chi connectivity index (χ2v) is 7.41. The molecule has 2 fully saturated rings. The average Bonchev–Trinajstić information content (AvgIpc) is 2.69.